The van der Waals surface area contributed by atoms with Crippen molar-refractivity contribution in [2.75, 3.05) is 13.7 Å². The van der Waals surface area contributed by atoms with E-state index in [0.717, 1.165) is 33.8 Å². The number of esters is 2. The van der Waals surface area contributed by atoms with Crippen molar-refractivity contribution < 1.29 is 23.9 Å². The fraction of sp³-hybridized carbons (Fsp3) is 0.500. The molecule has 0 spiro atoms. The number of fused-ring (bicyclic) bond motifs is 4. The first-order valence-corrected chi connectivity index (χ1v) is 14.0. The Bertz CT molecular complexity index is 1320. The van der Waals surface area contributed by atoms with Crippen LogP contribution in [0.4, 0.5) is 0 Å². The number of ether oxygens (including phenoxy) is 2. The maximum atomic E-state index is 14.8. The van der Waals surface area contributed by atoms with Gasteiger partial charge in [-0.3, -0.25) is 14.4 Å². The quantitative estimate of drug-likeness (QED) is 0.422. The third-order valence-corrected chi connectivity index (χ3v) is 12.3. The normalized spacial score (nSPS) is 40.1. The molecular formula is C30H28O5S. The van der Waals surface area contributed by atoms with E-state index in [4.69, 9.17) is 9.47 Å². The van der Waals surface area contributed by atoms with Gasteiger partial charge >= 0.3 is 11.9 Å². The van der Waals surface area contributed by atoms with Crippen LogP contribution in [0.25, 0.3) is 0 Å². The average molecular weight is 501 g/mol. The molecule has 5 fully saturated rings. The minimum Gasteiger partial charge on any atom is -0.469 e. The smallest absolute Gasteiger partial charge is 0.317 e. The Labute approximate surface area is 214 Å². The largest absolute Gasteiger partial charge is 0.469 e. The topological polar surface area (TPSA) is 69.7 Å². The molecule has 0 amide bonds. The maximum Gasteiger partial charge on any atom is 0.317 e. The van der Waals surface area contributed by atoms with E-state index in [1.165, 1.54) is 7.11 Å². The monoisotopic (exact) mass is 500 g/mol. The van der Waals surface area contributed by atoms with E-state index in [1.54, 1.807) is 18.7 Å². The summed E-state index contributed by atoms with van der Waals surface area (Å²) in [7, 11) is 1.49. The molecule has 1 aliphatic heterocycles. The van der Waals surface area contributed by atoms with Crippen LogP contribution in [0.5, 0.6) is 0 Å². The molecule has 5 nitrogen and oxygen atoms in total. The fourth-order valence-electron chi connectivity index (χ4n) is 10.3. The van der Waals surface area contributed by atoms with Crippen molar-refractivity contribution in [1.29, 1.82) is 0 Å². The molecule has 0 bridgehead atoms. The molecule has 0 N–H and O–H groups in total. The van der Waals surface area contributed by atoms with Crippen LogP contribution in [-0.2, 0) is 23.9 Å². The van der Waals surface area contributed by atoms with Crippen LogP contribution in [0.1, 0.15) is 36.8 Å². The number of benzene rings is 2. The number of ketones is 1. The summed E-state index contributed by atoms with van der Waals surface area (Å²) in [5.41, 5.74) is 1.21. The van der Waals surface area contributed by atoms with Crippen molar-refractivity contribution in [2.24, 2.45) is 52.3 Å². The Morgan fingerprint density at radius 2 is 1.47 bits per heavy atom. The highest BCUT2D eigenvalue weighted by atomic mass is 32.2. The molecule has 1 heterocycles. The zero-order valence-electron chi connectivity index (χ0n) is 20.3. The number of methoxy groups -OCH3 is 1. The molecule has 8 rings (SSSR count). The summed E-state index contributed by atoms with van der Waals surface area (Å²) in [4.78, 5) is 43.7. The van der Waals surface area contributed by atoms with Gasteiger partial charge in [-0.25, -0.2) is 0 Å². The number of carbonyl (C=O) groups excluding carboxylic acids is 3. The molecule has 184 valence electrons. The van der Waals surface area contributed by atoms with E-state index in [9.17, 15) is 14.4 Å². The van der Waals surface area contributed by atoms with Gasteiger partial charge in [0.2, 0.25) is 0 Å². The Balaban J connectivity index is 1.24. The van der Waals surface area contributed by atoms with Gasteiger partial charge in [0.15, 0.2) is 5.78 Å². The summed E-state index contributed by atoms with van der Waals surface area (Å²) in [6.45, 7) is 2.05. The van der Waals surface area contributed by atoms with Crippen molar-refractivity contribution >= 4 is 29.5 Å². The summed E-state index contributed by atoms with van der Waals surface area (Å²) < 4.78 is 10.9. The van der Waals surface area contributed by atoms with Crippen LogP contribution in [-0.4, -0.2) is 31.4 Å². The second-order valence-electron chi connectivity index (χ2n) is 11.6. The Kier molecular flexibility index (Phi) is 4.07. The van der Waals surface area contributed by atoms with Crippen LogP contribution in [0.2, 0.25) is 0 Å². The van der Waals surface area contributed by atoms with E-state index in [-0.39, 0.29) is 41.5 Å². The van der Waals surface area contributed by atoms with Crippen molar-refractivity contribution in [2.45, 2.75) is 35.5 Å². The zero-order chi connectivity index (χ0) is 24.6. The Morgan fingerprint density at radius 1 is 0.917 bits per heavy atom. The lowest BCUT2D eigenvalue weighted by molar-refractivity contribution is -0.249. The van der Waals surface area contributed by atoms with E-state index in [0.29, 0.717) is 23.7 Å². The number of hydrogen-bond donors (Lipinski definition) is 0. The van der Waals surface area contributed by atoms with Gasteiger partial charge in [0.1, 0.15) is 5.92 Å². The number of Topliss-reactive ketones (excluding diaryl/α,β-unsaturated/α-hetero) is 1. The maximum absolute atomic E-state index is 14.8. The number of rotatable bonds is 6. The zero-order valence-corrected chi connectivity index (χ0v) is 21.1. The first kappa shape index (κ1) is 21.5. The lowest BCUT2D eigenvalue weighted by Crippen LogP contribution is -2.72. The standard InChI is InChI=1S/C30H28O5S/c1-3-35-27(32)23(20-14-8-4-6-10-18(14)36-19-11-7-5-9-15(19)20)26(31)29-12-17-22-24(29)21-16(29)13-30(17,25(21)22)28(33)34-2/h4-11,16-17,20-25H,3,12-13H2,1-2H3. The molecule has 5 aliphatic carbocycles. The van der Waals surface area contributed by atoms with Crippen molar-refractivity contribution in [3.05, 3.63) is 59.7 Å². The van der Waals surface area contributed by atoms with Crippen LogP contribution < -0.4 is 0 Å². The molecular weight excluding hydrogens is 472 g/mol. The third kappa shape index (κ3) is 2.07. The van der Waals surface area contributed by atoms with Crippen LogP contribution >= 0.6 is 11.8 Å². The molecule has 36 heavy (non-hydrogen) atoms. The predicted molar refractivity (Wildman–Crippen MR) is 131 cm³/mol. The minimum absolute atomic E-state index is 0.0695. The summed E-state index contributed by atoms with van der Waals surface area (Å²) in [5.74, 6) is 0.372. The van der Waals surface area contributed by atoms with Gasteiger partial charge in [0.05, 0.1) is 19.1 Å². The lowest BCUT2D eigenvalue weighted by Gasteiger charge is -2.70. The van der Waals surface area contributed by atoms with Gasteiger partial charge in [-0.2, -0.15) is 0 Å². The van der Waals surface area contributed by atoms with Crippen molar-refractivity contribution in [1.82, 2.24) is 0 Å². The second-order valence-corrected chi connectivity index (χ2v) is 12.7. The average Bonchev–Trinajstić information content (AvgIpc) is 3.10. The molecule has 2 aromatic rings. The molecule has 6 heteroatoms. The molecule has 9 unspecified atom stereocenters. The summed E-state index contributed by atoms with van der Waals surface area (Å²) in [6, 6.07) is 16.3. The molecule has 0 aromatic heterocycles. The number of hydrogen-bond acceptors (Lipinski definition) is 6. The minimum atomic E-state index is -0.876. The first-order valence-electron chi connectivity index (χ1n) is 13.2. The van der Waals surface area contributed by atoms with Crippen LogP contribution in [0.15, 0.2) is 58.3 Å². The highest BCUT2D eigenvalue weighted by molar-refractivity contribution is 7.99. The van der Waals surface area contributed by atoms with Gasteiger partial charge in [-0.15, -0.1) is 0 Å². The van der Waals surface area contributed by atoms with E-state index >= 15 is 0 Å². The van der Waals surface area contributed by atoms with Gasteiger partial charge < -0.3 is 9.47 Å². The lowest BCUT2D eigenvalue weighted by atomic mass is 9.32. The third-order valence-electron chi connectivity index (χ3n) is 11.1. The van der Waals surface area contributed by atoms with E-state index < -0.39 is 17.3 Å². The molecule has 9 atom stereocenters. The highest BCUT2D eigenvalue weighted by Gasteiger charge is 2.97. The van der Waals surface area contributed by atoms with Crippen molar-refractivity contribution in [3.8, 4) is 0 Å². The van der Waals surface area contributed by atoms with Gasteiger partial charge in [-0.05, 0) is 78.5 Å². The summed E-state index contributed by atoms with van der Waals surface area (Å²) in [6.07, 6.45) is 1.48. The Hall–Kier alpha value is -2.60. The summed E-state index contributed by atoms with van der Waals surface area (Å²) >= 11 is 1.70. The second kappa shape index (κ2) is 6.83. The highest BCUT2D eigenvalue weighted by Crippen LogP contribution is 2.97. The van der Waals surface area contributed by atoms with Gasteiger partial charge in [-0.1, -0.05) is 48.2 Å². The molecule has 5 saturated carbocycles. The fourth-order valence-corrected chi connectivity index (χ4v) is 11.5. The Morgan fingerprint density at radius 3 is 2.08 bits per heavy atom. The van der Waals surface area contributed by atoms with Gasteiger partial charge in [0, 0.05) is 21.1 Å². The first-order chi connectivity index (χ1) is 17.5. The van der Waals surface area contributed by atoms with Gasteiger partial charge in [0.25, 0.3) is 0 Å². The van der Waals surface area contributed by atoms with Crippen LogP contribution in [0.3, 0.4) is 0 Å². The molecule has 0 saturated heterocycles. The SMILES string of the molecule is CCOC(=O)C(C(=O)C12CC3C4C5C(C1CC35C(=O)OC)C42)C1c2ccccc2Sc2ccccc21. The predicted octanol–water partition coefficient (Wildman–Crippen LogP) is 4.72. The molecule has 2 aromatic carbocycles. The summed E-state index contributed by atoms with van der Waals surface area (Å²) in [5, 5.41) is 0. The molecule has 0 radical (unpaired) electrons. The van der Waals surface area contributed by atoms with E-state index in [2.05, 4.69) is 24.3 Å². The van der Waals surface area contributed by atoms with Crippen LogP contribution in [0, 0.1) is 52.3 Å². The molecule has 6 aliphatic rings. The number of carbonyl (C=O) groups is 3. The van der Waals surface area contributed by atoms with Crippen molar-refractivity contribution in [3.63, 3.8) is 0 Å². The van der Waals surface area contributed by atoms with E-state index in [1.807, 2.05) is 24.3 Å².